The number of carbonyl (C=O) groups is 2. The highest BCUT2D eigenvalue weighted by Crippen LogP contribution is 2.22. The second-order valence-electron chi connectivity index (χ2n) is 5.99. The average molecular weight is 369 g/mol. The van der Waals surface area contributed by atoms with Crippen LogP contribution >= 0.6 is 0 Å². The summed E-state index contributed by atoms with van der Waals surface area (Å²) in [6, 6.07) is 8.28. The van der Waals surface area contributed by atoms with Gasteiger partial charge in [-0.1, -0.05) is 5.16 Å². The summed E-state index contributed by atoms with van der Waals surface area (Å²) >= 11 is 0. The second kappa shape index (κ2) is 7.77. The number of aryl methyl sites for hydroxylation is 2. The molecule has 1 amide bonds. The number of benzene rings is 1. The maximum atomic E-state index is 12.2. The monoisotopic (exact) mass is 369 g/mol. The second-order valence-corrected chi connectivity index (χ2v) is 5.99. The molecule has 0 radical (unpaired) electrons. The summed E-state index contributed by atoms with van der Waals surface area (Å²) in [5.41, 5.74) is 1.73. The van der Waals surface area contributed by atoms with E-state index in [0.717, 1.165) is 5.56 Å². The number of anilines is 1. The van der Waals surface area contributed by atoms with Crippen molar-refractivity contribution in [3.05, 3.63) is 54.0 Å². The van der Waals surface area contributed by atoms with Crippen LogP contribution in [0.2, 0.25) is 0 Å². The number of aromatic hydroxyl groups is 1. The maximum Gasteiger partial charge on any atom is 0.339 e. The maximum absolute atomic E-state index is 12.2. The Labute approximate surface area is 155 Å². The minimum Gasteiger partial charge on any atom is -0.508 e. The highest BCUT2D eigenvalue weighted by atomic mass is 16.5. The number of aromatic nitrogens is 2. The van der Waals surface area contributed by atoms with Crippen LogP contribution in [0, 0.1) is 0 Å². The van der Waals surface area contributed by atoms with Crippen molar-refractivity contribution >= 4 is 17.6 Å². The zero-order valence-corrected chi connectivity index (χ0v) is 14.7. The van der Waals surface area contributed by atoms with E-state index in [0.29, 0.717) is 24.4 Å². The molecule has 2 aromatic heterocycles. The standard InChI is InChI=1S/C19H19N3O5/c1-2-22-10-15(19(25)26)17(11-22)20-18(24)8-7-14-9-16(21-27-14)12-3-5-13(23)6-4-12/h3-6,9-11,23H,2,7-8H2,1H3,(H,20,24)(H,25,26). The first kappa shape index (κ1) is 18.2. The molecule has 0 aliphatic heterocycles. The third-order valence-electron chi connectivity index (χ3n) is 4.07. The molecule has 8 heteroatoms. The van der Waals surface area contributed by atoms with Gasteiger partial charge in [0.05, 0.1) is 5.69 Å². The summed E-state index contributed by atoms with van der Waals surface area (Å²) < 4.78 is 6.94. The van der Waals surface area contributed by atoms with Gasteiger partial charge in [-0.25, -0.2) is 4.79 Å². The number of carboxylic acids is 1. The molecule has 0 aliphatic carbocycles. The summed E-state index contributed by atoms with van der Waals surface area (Å²) in [6.07, 6.45) is 3.53. The van der Waals surface area contributed by atoms with Crippen molar-refractivity contribution in [1.29, 1.82) is 0 Å². The predicted molar refractivity (Wildman–Crippen MR) is 97.6 cm³/mol. The van der Waals surface area contributed by atoms with Crippen LogP contribution in [0.15, 0.2) is 47.2 Å². The number of hydrogen-bond donors (Lipinski definition) is 3. The number of carboxylic acid groups (broad SMARTS) is 1. The molecule has 0 aliphatic rings. The van der Waals surface area contributed by atoms with E-state index in [4.69, 9.17) is 4.52 Å². The Morgan fingerprint density at radius 1 is 1.22 bits per heavy atom. The molecule has 0 atom stereocenters. The molecule has 1 aromatic carbocycles. The molecule has 3 aromatic rings. The van der Waals surface area contributed by atoms with Crippen LogP contribution in [0.25, 0.3) is 11.3 Å². The number of aromatic carboxylic acids is 1. The van der Waals surface area contributed by atoms with E-state index in [9.17, 15) is 19.8 Å². The fourth-order valence-electron chi connectivity index (χ4n) is 2.61. The van der Waals surface area contributed by atoms with Crippen LogP contribution in [-0.2, 0) is 17.8 Å². The van der Waals surface area contributed by atoms with Gasteiger partial charge in [0.15, 0.2) is 0 Å². The third-order valence-corrected chi connectivity index (χ3v) is 4.07. The summed E-state index contributed by atoms with van der Waals surface area (Å²) in [5.74, 6) is -0.699. The molecule has 2 heterocycles. The zero-order valence-electron chi connectivity index (χ0n) is 14.7. The number of amides is 1. The van der Waals surface area contributed by atoms with Crippen LogP contribution in [0.5, 0.6) is 5.75 Å². The lowest BCUT2D eigenvalue weighted by Gasteiger charge is -2.03. The van der Waals surface area contributed by atoms with Gasteiger partial charge in [0.1, 0.15) is 22.8 Å². The first-order valence-electron chi connectivity index (χ1n) is 8.44. The first-order chi connectivity index (χ1) is 13.0. The summed E-state index contributed by atoms with van der Waals surface area (Å²) in [5, 5.41) is 25.1. The Morgan fingerprint density at radius 3 is 2.63 bits per heavy atom. The van der Waals surface area contributed by atoms with Crippen molar-refractivity contribution in [2.75, 3.05) is 5.32 Å². The van der Waals surface area contributed by atoms with Gasteiger partial charge >= 0.3 is 5.97 Å². The van der Waals surface area contributed by atoms with E-state index in [2.05, 4.69) is 10.5 Å². The number of rotatable bonds is 7. The Balaban J connectivity index is 1.61. The van der Waals surface area contributed by atoms with Gasteiger partial charge in [-0.05, 0) is 31.2 Å². The average Bonchev–Trinajstić information content (AvgIpc) is 3.27. The van der Waals surface area contributed by atoms with Crippen LogP contribution in [0.4, 0.5) is 5.69 Å². The highest BCUT2D eigenvalue weighted by molar-refractivity contribution is 6.00. The van der Waals surface area contributed by atoms with Crippen LogP contribution in [0.1, 0.15) is 29.5 Å². The smallest absolute Gasteiger partial charge is 0.339 e. The van der Waals surface area contributed by atoms with Crippen molar-refractivity contribution in [2.45, 2.75) is 26.3 Å². The molecule has 0 saturated carbocycles. The molecule has 0 bridgehead atoms. The van der Waals surface area contributed by atoms with Crippen LogP contribution in [0.3, 0.4) is 0 Å². The van der Waals surface area contributed by atoms with Gasteiger partial charge < -0.3 is 24.6 Å². The van der Waals surface area contributed by atoms with Gasteiger partial charge in [-0.15, -0.1) is 0 Å². The van der Waals surface area contributed by atoms with Gasteiger partial charge in [-0.3, -0.25) is 4.79 Å². The molecular formula is C19H19N3O5. The lowest BCUT2D eigenvalue weighted by molar-refractivity contribution is -0.116. The predicted octanol–water partition coefficient (Wildman–Crippen LogP) is 3.14. The summed E-state index contributed by atoms with van der Waals surface area (Å²) in [6.45, 7) is 2.49. The normalized spacial score (nSPS) is 10.7. The third kappa shape index (κ3) is 4.35. The number of phenolic OH excluding ortho intramolecular Hbond substituents is 1. The number of phenols is 1. The Bertz CT molecular complexity index is 956. The topological polar surface area (TPSA) is 118 Å². The molecule has 3 rings (SSSR count). The molecule has 3 N–H and O–H groups in total. The minimum absolute atomic E-state index is 0.0551. The largest absolute Gasteiger partial charge is 0.508 e. The quantitative estimate of drug-likeness (QED) is 0.589. The van der Waals surface area contributed by atoms with Crippen molar-refractivity contribution in [3.63, 3.8) is 0 Å². The lowest BCUT2D eigenvalue weighted by Crippen LogP contribution is -2.14. The zero-order chi connectivity index (χ0) is 19.4. The molecule has 0 saturated heterocycles. The van der Waals surface area contributed by atoms with Crippen molar-refractivity contribution in [3.8, 4) is 17.0 Å². The molecule has 8 nitrogen and oxygen atoms in total. The fourth-order valence-corrected chi connectivity index (χ4v) is 2.61. The van der Waals surface area contributed by atoms with Gasteiger partial charge in [0, 0.05) is 43.4 Å². The molecule has 0 spiro atoms. The first-order valence-corrected chi connectivity index (χ1v) is 8.44. The molecule has 140 valence electrons. The Morgan fingerprint density at radius 2 is 1.96 bits per heavy atom. The summed E-state index contributed by atoms with van der Waals surface area (Å²) in [7, 11) is 0. The SMILES string of the molecule is CCn1cc(NC(=O)CCc2cc(-c3ccc(O)cc3)no2)c(C(=O)O)c1. The van der Waals surface area contributed by atoms with Crippen molar-refractivity contribution < 1.29 is 24.3 Å². The number of nitrogens with one attached hydrogen (secondary N) is 1. The molecule has 0 unspecified atom stereocenters. The Hall–Kier alpha value is -3.55. The minimum atomic E-state index is -1.09. The van der Waals surface area contributed by atoms with E-state index in [-0.39, 0.29) is 29.3 Å². The fraction of sp³-hybridized carbons (Fsp3) is 0.211. The number of hydrogen-bond acceptors (Lipinski definition) is 5. The van der Waals surface area contributed by atoms with Gasteiger partial charge in [0.2, 0.25) is 5.91 Å². The van der Waals surface area contributed by atoms with Crippen LogP contribution < -0.4 is 5.32 Å². The number of nitrogens with zero attached hydrogens (tertiary/aromatic N) is 2. The van der Waals surface area contributed by atoms with E-state index in [1.807, 2.05) is 6.92 Å². The van der Waals surface area contributed by atoms with Gasteiger partial charge in [-0.2, -0.15) is 0 Å². The summed E-state index contributed by atoms with van der Waals surface area (Å²) in [4.78, 5) is 23.4. The molecule has 0 fully saturated rings. The highest BCUT2D eigenvalue weighted by Gasteiger charge is 2.16. The molecule has 27 heavy (non-hydrogen) atoms. The molecular weight excluding hydrogens is 350 g/mol. The van der Waals surface area contributed by atoms with E-state index >= 15 is 0 Å². The lowest BCUT2D eigenvalue weighted by atomic mass is 10.1. The van der Waals surface area contributed by atoms with E-state index in [1.54, 1.807) is 41.1 Å². The van der Waals surface area contributed by atoms with E-state index < -0.39 is 5.97 Å². The van der Waals surface area contributed by atoms with Gasteiger partial charge in [0.25, 0.3) is 0 Å². The Kier molecular flexibility index (Phi) is 5.25. The number of carbonyl (C=O) groups excluding carboxylic acids is 1. The van der Waals surface area contributed by atoms with Crippen molar-refractivity contribution in [1.82, 2.24) is 9.72 Å². The van der Waals surface area contributed by atoms with Crippen LogP contribution in [-0.4, -0.2) is 31.8 Å². The van der Waals surface area contributed by atoms with Crippen molar-refractivity contribution in [2.24, 2.45) is 0 Å². The van der Waals surface area contributed by atoms with E-state index in [1.165, 1.54) is 6.20 Å².